The summed E-state index contributed by atoms with van der Waals surface area (Å²) in [6.07, 6.45) is 0.725. The number of Topliss-reactive ketones (excluding diaryl/α,β-unsaturated/α-hetero) is 1. The molecule has 0 atom stereocenters. The third-order valence-electron chi connectivity index (χ3n) is 3.74. The van der Waals surface area contributed by atoms with Crippen molar-refractivity contribution in [2.24, 2.45) is 0 Å². The second kappa shape index (κ2) is 6.57. The van der Waals surface area contributed by atoms with Gasteiger partial charge in [0.25, 0.3) is 0 Å². The highest BCUT2D eigenvalue weighted by atomic mass is 32.1. The van der Waals surface area contributed by atoms with Crippen molar-refractivity contribution < 1.29 is 14.0 Å². The molecule has 24 heavy (non-hydrogen) atoms. The number of hydrogen-bond donors (Lipinski definition) is 1. The predicted octanol–water partition coefficient (Wildman–Crippen LogP) is 4.28. The summed E-state index contributed by atoms with van der Waals surface area (Å²) in [5, 5.41) is 3.42. The second-order valence-corrected chi connectivity index (χ2v) is 6.81. The summed E-state index contributed by atoms with van der Waals surface area (Å²) in [4.78, 5) is 27.9. The number of nitrogens with zero attached hydrogens (tertiary/aromatic N) is 1. The molecular formula is C18H18N2O3S. The van der Waals surface area contributed by atoms with Crippen molar-refractivity contribution in [3.05, 3.63) is 46.9 Å². The van der Waals surface area contributed by atoms with Crippen molar-refractivity contribution in [3.63, 3.8) is 0 Å². The van der Waals surface area contributed by atoms with Gasteiger partial charge < -0.3 is 9.73 Å². The number of benzene rings is 1. The Morgan fingerprint density at radius 2 is 2.04 bits per heavy atom. The number of aromatic nitrogens is 1. The third kappa shape index (κ3) is 3.54. The molecule has 0 fully saturated rings. The van der Waals surface area contributed by atoms with Crippen LogP contribution in [0.15, 0.2) is 28.7 Å². The fourth-order valence-electron chi connectivity index (χ4n) is 2.52. The number of anilines is 1. The van der Waals surface area contributed by atoms with E-state index in [0.717, 1.165) is 10.2 Å². The standard InChI is InChI=1S/C18H18N2O3S/c1-10-4-6-15-16(8-10)24-18(19-15)20-17(22)7-5-13-9-14(11(2)21)12(3)23-13/h4,6,8-9H,5,7H2,1-3H3,(H,19,20,22). The Morgan fingerprint density at radius 1 is 1.25 bits per heavy atom. The second-order valence-electron chi connectivity index (χ2n) is 5.78. The average molecular weight is 342 g/mol. The first-order valence-electron chi connectivity index (χ1n) is 7.69. The number of nitrogens with one attached hydrogen (secondary N) is 1. The Labute approximate surface area is 143 Å². The van der Waals surface area contributed by atoms with Crippen LogP contribution in [-0.4, -0.2) is 16.7 Å². The maximum Gasteiger partial charge on any atom is 0.226 e. The topological polar surface area (TPSA) is 72.2 Å². The average Bonchev–Trinajstić information content (AvgIpc) is 3.07. The molecule has 0 unspecified atom stereocenters. The lowest BCUT2D eigenvalue weighted by atomic mass is 10.1. The maximum atomic E-state index is 12.1. The van der Waals surface area contributed by atoms with E-state index in [4.69, 9.17) is 4.42 Å². The highest BCUT2D eigenvalue weighted by Gasteiger charge is 2.13. The molecule has 0 aliphatic carbocycles. The number of aryl methyl sites for hydroxylation is 3. The SMILES string of the molecule is CC(=O)c1cc(CCC(=O)Nc2nc3ccc(C)cc3s2)oc1C. The van der Waals surface area contributed by atoms with Crippen LogP contribution in [0.2, 0.25) is 0 Å². The van der Waals surface area contributed by atoms with Gasteiger partial charge in [-0.05, 0) is 44.5 Å². The van der Waals surface area contributed by atoms with Crippen LogP contribution in [0.25, 0.3) is 10.2 Å². The Hall–Kier alpha value is -2.47. The van der Waals surface area contributed by atoms with Gasteiger partial charge in [0.15, 0.2) is 10.9 Å². The normalized spacial score (nSPS) is 11.0. The molecule has 2 aromatic heterocycles. The van der Waals surface area contributed by atoms with Crippen molar-refractivity contribution in [2.45, 2.75) is 33.6 Å². The largest absolute Gasteiger partial charge is 0.466 e. The number of carbonyl (C=O) groups is 2. The lowest BCUT2D eigenvalue weighted by Crippen LogP contribution is -2.11. The van der Waals surface area contributed by atoms with Crippen LogP contribution < -0.4 is 5.32 Å². The minimum absolute atomic E-state index is 0.0308. The maximum absolute atomic E-state index is 12.1. The van der Waals surface area contributed by atoms with Crippen LogP contribution in [0.4, 0.5) is 5.13 Å². The van der Waals surface area contributed by atoms with Gasteiger partial charge in [-0.15, -0.1) is 0 Å². The van der Waals surface area contributed by atoms with E-state index in [1.165, 1.54) is 23.8 Å². The smallest absolute Gasteiger partial charge is 0.226 e. The van der Waals surface area contributed by atoms with Gasteiger partial charge in [-0.2, -0.15) is 0 Å². The number of rotatable bonds is 5. The zero-order chi connectivity index (χ0) is 17.3. The number of fused-ring (bicyclic) bond motifs is 1. The monoisotopic (exact) mass is 342 g/mol. The van der Waals surface area contributed by atoms with Gasteiger partial charge in [0.2, 0.25) is 5.91 Å². The molecule has 1 aromatic carbocycles. The molecular weight excluding hydrogens is 324 g/mol. The van der Waals surface area contributed by atoms with Gasteiger partial charge >= 0.3 is 0 Å². The van der Waals surface area contributed by atoms with Gasteiger partial charge in [-0.25, -0.2) is 4.98 Å². The fraction of sp³-hybridized carbons (Fsp3) is 0.278. The van der Waals surface area contributed by atoms with Crippen molar-refractivity contribution in [2.75, 3.05) is 5.32 Å². The summed E-state index contributed by atoms with van der Waals surface area (Å²) in [7, 11) is 0. The van der Waals surface area contributed by atoms with E-state index < -0.39 is 0 Å². The minimum atomic E-state index is -0.121. The third-order valence-corrected chi connectivity index (χ3v) is 4.67. The molecule has 0 aliphatic heterocycles. The quantitative estimate of drug-likeness (QED) is 0.702. The molecule has 1 amide bonds. The zero-order valence-corrected chi connectivity index (χ0v) is 14.6. The van der Waals surface area contributed by atoms with Crippen molar-refractivity contribution >= 4 is 38.4 Å². The number of hydrogen-bond acceptors (Lipinski definition) is 5. The van der Waals surface area contributed by atoms with E-state index in [1.54, 1.807) is 13.0 Å². The van der Waals surface area contributed by atoms with Gasteiger partial charge in [-0.1, -0.05) is 17.4 Å². The van der Waals surface area contributed by atoms with Crippen LogP contribution in [0, 0.1) is 13.8 Å². The van der Waals surface area contributed by atoms with E-state index in [9.17, 15) is 9.59 Å². The number of ketones is 1. The fourth-order valence-corrected chi connectivity index (χ4v) is 3.50. The van der Waals surface area contributed by atoms with Gasteiger partial charge in [0.05, 0.1) is 15.8 Å². The molecule has 0 saturated heterocycles. The van der Waals surface area contributed by atoms with Crippen LogP contribution in [0.3, 0.4) is 0 Å². The molecule has 0 aliphatic rings. The lowest BCUT2D eigenvalue weighted by molar-refractivity contribution is -0.116. The molecule has 3 aromatic rings. The minimum Gasteiger partial charge on any atom is -0.466 e. The molecule has 0 saturated carbocycles. The Balaban J connectivity index is 1.62. The molecule has 6 heteroatoms. The summed E-state index contributed by atoms with van der Waals surface area (Å²) < 4.78 is 6.58. The molecule has 2 heterocycles. The van der Waals surface area contributed by atoms with Crippen LogP contribution in [-0.2, 0) is 11.2 Å². The summed E-state index contributed by atoms with van der Waals surface area (Å²) in [6, 6.07) is 7.72. The van der Waals surface area contributed by atoms with E-state index in [0.29, 0.717) is 28.6 Å². The Bertz CT molecular complexity index is 924. The first-order valence-corrected chi connectivity index (χ1v) is 8.51. The Kier molecular flexibility index (Phi) is 4.49. The van der Waals surface area contributed by atoms with E-state index in [2.05, 4.69) is 16.4 Å². The zero-order valence-electron chi connectivity index (χ0n) is 13.8. The number of thiazole rings is 1. The van der Waals surface area contributed by atoms with Crippen LogP contribution >= 0.6 is 11.3 Å². The molecule has 3 rings (SSSR count). The van der Waals surface area contributed by atoms with Crippen molar-refractivity contribution in [1.29, 1.82) is 0 Å². The van der Waals surface area contributed by atoms with E-state index in [1.807, 2.05) is 19.1 Å². The first kappa shape index (κ1) is 16.4. The van der Waals surface area contributed by atoms with Crippen molar-refractivity contribution in [3.8, 4) is 0 Å². The van der Waals surface area contributed by atoms with E-state index >= 15 is 0 Å². The lowest BCUT2D eigenvalue weighted by Gasteiger charge is -1.99. The van der Waals surface area contributed by atoms with E-state index in [-0.39, 0.29) is 18.1 Å². The summed E-state index contributed by atoms with van der Waals surface area (Å²) in [5.41, 5.74) is 2.62. The van der Waals surface area contributed by atoms with Crippen LogP contribution in [0.1, 0.15) is 40.8 Å². The molecule has 5 nitrogen and oxygen atoms in total. The predicted molar refractivity (Wildman–Crippen MR) is 94.8 cm³/mol. The number of amides is 1. The molecule has 124 valence electrons. The summed E-state index contributed by atoms with van der Waals surface area (Å²) in [6.45, 7) is 5.28. The van der Waals surface area contributed by atoms with Crippen molar-refractivity contribution in [1.82, 2.24) is 4.98 Å². The van der Waals surface area contributed by atoms with Gasteiger partial charge in [0.1, 0.15) is 11.5 Å². The number of furan rings is 1. The Morgan fingerprint density at radius 3 is 2.75 bits per heavy atom. The van der Waals surface area contributed by atoms with Gasteiger partial charge in [-0.3, -0.25) is 9.59 Å². The first-order chi connectivity index (χ1) is 11.4. The molecule has 0 spiro atoms. The highest BCUT2D eigenvalue weighted by molar-refractivity contribution is 7.22. The number of carbonyl (C=O) groups excluding carboxylic acids is 2. The van der Waals surface area contributed by atoms with Gasteiger partial charge in [0, 0.05) is 12.8 Å². The molecule has 0 bridgehead atoms. The summed E-state index contributed by atoms with van der Waals surface area (Å²) >= 11 is 1.46. The summed E-state index contributed by atoms with van der Waals surface area (Å²) in [5.74, 6) is 1.09. The van der Waals surface area contributed by atoms with Crippen LogP contribution in [0.5, 0.6) is 0 Å². The molecule has 0 radical (unpaired) electrons. The highest BCUT2D eigenvalue weighted by Crippen LogP contribution is 2.26. The molecule has 1 N–H and O–H groups in total.